The topological polar surface area (TPSA) is 75.6 Å². The maximum absolute atomic E-state index is 12.2. The maximum atomic E-state index is 12.2. The first-order valence-electron chi connectivity index (χ1n) is 6.69. The number of carbonyl (C=O) groups is 2. The molecule has 7 heteroatoms. The summed E-state index contributed by atoms with van der Waals surface area (Å²) in [5.41, 5.74) is 0.331. The van der Waals surface area contributed by atoms with Gasteiger partial charge in [0.15, 0.2) is 0 Å². The molecule has 2 rings (SSSR count). The molecule has 0 spiro atoms. The minimum Gasteiger partial charge on any atom is -0.450 e. The number of nitrogens with zero attached hydrogens (tertiary/aromatic N) is 4. The van der Waals surface area contributed by atoms with Gasteiger partial charge >= 0.3 is 6.09 Å². The third kappa shape index (κ3) is 3.43. The number of amides is 2. The molecule has 7 nitrogen and oxygen atoms in total. The van der Waals surface area contributed by atoms with Gasteiger partial charge in [-0.3, -0.25) is 9.78 Å². The predicted molar refractivity (Wildman–Crippen MR) is 71.1 cm³/mol. The molecule has 0 bridgehead atoms. The van der Waals surface area contributed by atoms with Crippen molar-refractivity contribution < 1.29 is 14.3 Å². The SMILES string of the molecule is CCOC(=O)N1CCCN(C(=O)c2cnccn2)CC1. The Bertz CT molecular complexity index is 466. The summed E-state index contributed by atoms with van der Waals surface area (Å²) in [6.45, 7) is 4.30. The molecule has 1 aromatic heterocycles. The summed E-state index contributed by atoms with van der Waals surface area (Å²) >= 11 is 0. The van der Waals surface area contributed by atoms with E-state index in [0.717, 1.165) is 6.42 Å². The van der Waals surface area contributed by atoms with Crippen molar-refractivity contribution in [3.8, 4) is 0 Å². The molecule has 2 heterocycles. The number of hydrogen-bond acceptors (Lipinski definition) is 5. The van der Waals surface area contributed by atoms with Crippen molar-refractivity contribution in [2.45, 2.75) is 13.3 Å². The van der Waals surface area contributed by atoms with Crippen LogP contribution in [-0.4, -0.2) is 64.6 Å². The average Bonchev–Trinajstić information content (AvgIpc) is 2.73. The highest BCUT2D eigenvalue weighted by Crippen LogP contribution is 2.08. The molecule has 0 atom stereocenters. The lowest BCUT2D eigenvalue weighted by Crippen LogP contribution is -2.37. The molecule has 1 aromatic rings. The molecule has 20 heavy (non-hydrogen) atoms. The van der Waals surface area contributed by atoms with Crippen LogP contribution in [0.1, 0.15) is 23.8 Å². The highest BCUT2D eigenvalue weighted by molar-refractivity contribution is 5.92. The molecule has 0 N–H and O–H groups in total. The molecule has 1 aliphatic heterocycles. The van der Waals surface area contributed by atoms with Gasteiger partial charge in [0, 0.05) is 38.6 Å². The van der Waals surface area contributed by atoms with Crippen LogP contribution >= 0.6 is 0 Å². The van der Waals surface area contributed by atoms with Gasteiger partial charge in [0.1, 0.15) is 5.69 Å². The number of rotatable bonds is 2. The van der Waals surface area contributed by atoms with Crippen molar-refractivity contribution in [2.24, 2.45) is 0 Å². The standard InChI is InChI=1S/C13H18N4O3/c1-2-20-13(19)17-7-3-6-16(8-9-17)12(18)11-10-14-4-5-15-11/h4-5,10H,2-3,6-9H2,1H3. The second kappa shape index (κ2) is 6.83. The Labute approximate surface area is 117 Å². The Kier molecular flexibility index (Phi) is 4.86. The zero-order chi connectivity index (χ0) is 14.4. The van der Waals surface area contributed by atoms with Crippen LogP contribution in [-0.2, 0) is 4.74 Å². The van der Waals surface area contributed by atoms with E-state index in [9.17, 15) is 9.59 Å². The minimum atomic E-state index is -0.318. The van der Waals surface area contributed by atoms with Crippen LogP contribution in [0, 0.1) is 0 Å². The first-order chi connectivity index (χ1) is 9.72. The lowest BCUT2D eigenvalue weighted by molar-refractivity contribution is 0.0747. The Morgan fingerprint density at radius 1 is 1.20 bits per heavy atom. The molecule has 1 aliphatic rings. The van der Waals surface area contributed by atoms with Crippen molar-refractivity contribution in [1.82, 2.24) is 19.8 Å². The van der Waals surface area contributed by atoms with Gasteiger partial charge in [-0.25, -0.2) is 9.78 Å². The van der Waals surface area contributed by atoms with Crippen LogP contribution in [0.15, 0.2) is 18.6 Å². The van der Waals surface area contributed by atoms with E-state index in [1.807, 2.05) is 0 Å². The number of ether oxygens (including phenoxy) is 1. The molecule has 2 amide bonds. The zero-order valence-corrected chi connectivity index (χ0v) is 11.5. The first kappa shape index (κ1) is 14.2. The molecule has 0 aromatic carbocycles. The molecule has 1 fully saturated rings. The monoisotopic (exact) mass is 278 g/mol. The van der Waals surface area contributed by atoms with E-state index >= 15 is 0 Å². The van der Waals surface area contributed by atoms with E-state index in [1.165, 1.54) is 18.6 Å². The van der Waals surface area contributed by atoms with Gasteiger partial charge < -0.3 is 14.5 Å². The van der Waals surface area contributed by atoms with E-state index < -0.39 is 0 Å². The van der Waals surface area contributed by atoms with E-state index in [0.29, 0.717) is 38.5 Å². The van der Waals surface area contributed by atoms with Gasteiger partial charge in [-0.05, 0) is 13.3 Å². The summed E-state index contributed by atoms with van der Waals surface area (Å²) in [5, 5.41) is 0. The quantitative estimate of drug-likeness (QED) is 0.799. The van der Waals surface area contributed by atoms with Gasteiger partial charge in [-0.15, -0.1) is 0 Å². The van der Waals surface area contributed by atoms with Gasteiger partial charge in [-0.2, -0.15) is 0 Å². The average molecular weight is 278 g/mol. The molecule has 0 unspecified atom stereocenters. The highest BCUT2D eigenvalue weighted by atomic mass is 16.6. The van der Waals surface area contributed by atoms with Crippen molar-refractivity contribution in [2.75, 3.05) is 32.8 Å². The molecule has 108 valence electrons. The summed E-state index contributed by atoms with van der Waals surface area (Å²) < 4.78 is 4.98. The zero-order valence-electron chi connectivity index (χ0n) is 11.5. The van der Waals surface area contributed by atoms with Crippen LogP contribution in [0.2, 0.25) is 0 Å². The first-order valence-corrected chi connectivity index (χ1v) is 6.69. The number of hydrogen-bond donors (Lipinski definition) is 0. The Balaban J connectivity index is 1.96. The predicted octanol–water partition coefficient (Wildman–Crippen LogP) is 0.781. The summed E-state index contributed by atoms with van der Waals surface area (Å²) in [4.78, 5) is 35.2. The highest BCUT2D eigenvalue weighted by Gasteiger charge is 2.23. The van der Waals surface area contributed by atoms with Crippen LogP contribution in [0.25, 0.3) is 0 Å². The van der Waals surface area contributed by atoms with Gasteiger partial charge in [0.2, 0.25) is 0 Å². The van der Waals surface area contributed by atoms with Crippen LogP contribution in [0.3, 0.4) is 0 Å². The summed E-state index contributed by atoms with van der Waals surface area (Å²) in [5.74, 6) is -0.149. The second-order valence-corrected chi connectivity index (χ2v) is 4.42. The lowest BCUT2D eigenvalue weighted by Gasteiger charge is -2.21. The molecule has 0 radical (unpaired) electrons. The fraction of sp³-hybridized carbons (Fsp3) is 0.538. The fourth-order valence-electron chi connectivity index (χ4n) is 2.09. The van der Waals surface area contributed by atoms with Gasteiger partial charge in [-0.1, -0.05) is 0 Å². The summed E-state index contributed by atoms with van der Waals surface area (Å²) in [6.07, 6.45) is 4.89. The fourth-order valence-corrected chi connectivity index (χ4v) is 2.09. The van der Waals surface area contributed by atoms with Crippen molar-refractivity contribution >= 4 is 12.0 Å². The molecule has 0 aliphatic carbocycles. The van der Waals surface area contributed by atoms with Crippen LogP contribution in [0.4, 0.5) is 4.79 Å². The lowest BCUT2D eigenvalue weighted by atomic mass is 10.3. The Hall–Kier alpha value is -2.18. The van der Waals surface area contributed by atoms with Crippen molar-refractivity contribution in [3.05, 3.63) is 24.3 Å². The van der Waals surface area contributed by atoms with Crippen molar-refractivity contribution in [3.63, 3.8) is 0 Å². The summed E-state index contributed by atoms with van der Waals surface area (Å²) in [6, 6.07) is 0. The van der Waals surface area contributed by atoms with Gasteiger partial charge in [0.25, 0.3) is 5.91 Å². The van der Waals surface area contributed by atoms with E-state index in [4.69, 9.17) is 4.74 Å². The third-order valence-corrected chi connectivity index (χ3v) is 3.09. The Morgan fingerprint density at radius 3 is 2.65 bits per heavy atom. The smallest absolute Gasteiger partial charge is 0.409 e. The maximum Gasteiger partial charge on any atom is 0.409 e. The molecular weight excluding hydrogens is 260 g/mol. The Morgan fingerprint density at radius 2 is 1.95 bits per heavy atom. The van der Waals surface area contributed by atoms with Crippen LogP contribution in [0.5, 0.6) is 0 Å². The largest absolute Gasteiger partial charge is 0.450 e. The van der Waals surface area contributed by atoms with E-state index in [-0.39, 0.29) is 12.0 Å². The van der Waals surface area contributed by atoms with Gasteiger partial charge in [0.05, 0.1) is 12.8 Å². The minimum absolute atomic E-state index is 0.149. The third-order valence-electron chi connectivity index (χ3n) is 3.09. The van der Waals surface area contributed by atoms with Crippen LogP contribution < -0.4 is 0 Å². The number of carbonyl (C=O) groups excluding carboxylic acids is 2. The van der Waals surface area contributed by atoms with E-state index in [1.54, 1.807) is 16.7 Å². The normalized spacial score (nSPS) is 15.7. The molecule has 1 saturated heterocycles. The van der Waals surface area contributed by atoms with E-state index in [2.05, 4.69) is 9.97 Å². The summed E-state index contributed by atoms with van der Waals surface area (Å²) in [7, 11) is 0. The second-order valence-electron chi connectivity index (χ2n) is 4.42. The van der Waals surface area contributed by atoms with Crippen molar-refractivity contribution in [1.29, 1.82) is 0 Å². The molecule has 0 saturated carbocycles. The molecular formula is C13H18N4O3. The number of aromatic nitrogens is 2.